The third kappa shape index (κ3) is 3.43. The molecule has 0 saturated carbocycles. The number of benzene rings is 1. The SMILES string of the molecule is COc1ccccc1C(C(N)=S)N1CCCNCC1. The van der Waals surface area contributed by atoms with Gasteiger partial charge in [-0.2, -0.15) is 0 Å². The van der Waals surface area contributed by atoms with E-state index in [9.17, 15) is 0 Å². The Bertz CT molecular complexity index is 430. The van der Waals surface area contributed by atoms with E-state index < -0.39 is 0 Å². The molecule has 1 heterocycles. The van der Waals surface area contributed by atoms with E-state index in [1.807, 2.05) is 24.3 Å². The summed E-state index contributed by atoms with van der Waals surface area (Å²) in [5.74, 6) is 0.845. The minimum Gasteiger partial charge on any atom is -0.496 e. The highest BCUT2D eigenvalue weighted by Gasteiger charge is 2.26. The molecule has 4 nitrogen and oxygen atoms in total. The van der Waals surface area contributed by atoms with Crippen molar-refractivity contribution in [1.82, 2.24) is 10.2 Å². The monoisotopic (exact) mass is 279 g/mol. The van der Waals surface area contributed by atoms with Gasteiger partial charge in [-0.25, -0.2) is 0 Å². The zero-order valence-corrected chi connectivity index (χ0v) is 12.1. The van der Waals surface area contributed by atoms with Crippen LogP contribution in [0.2, 0.25) is 0 Å². The van der Waals surface area contributed by atoms with Gasteiger partial charge < -0.3 is 15.8 Å². The third-order valence-electron chi connectivity index (χ3n) is 3.44. The van der Waals surface area contributed by atoms with E-state index in [1.165, 1.54) is 0 Å². The zero-order valence-electron chi connectivity index (χ0n) is 11.3. The van der Waals surface area contributed by atoms with Crippen molar-refractivity contribution in [2.45, 2.75) is 12.5 Å². The van der Waals surface area contributed by atoms with Crippen LogP contribution >= 0.6 is 12.2 Å². The van der Waals surface area contributed by atoms with Gasteiger partial charge in [-0.05, 0) is 19.0 Å². The highest BCUT2D eigenvalue weighted by atomic mass is 32.1. The average Bonchev–Trinajstić information content (AvgIpc) is 2.68. The van der Waals surface area contributed by atoms with Gasteiger partial charge in [0, 0.05) is 25.2 Å². The Labute approximate surface area is 119 Å². The van der Waals surface area contributed by atoms with Crippen LogP contribution in [0.3, 0.4) is 0 Å². The Morgan fingerprint density at radius 1 is 1.37 bits per heavy atom. The molecule has 1 aromatic carbocycles. The van der Waals surface area contributed by atoms with Crippen molar-refractivity contribution in [3.63, 3.8) is 0 Å². The van der Waals surface area contributed by atoms with E-state index in [-0.39, 0.29) is 6.04 Å². The molecule has 2 rings (SSSR count). The number of nitrogens with two attached hydrogens (primary N) is 1. The molecule has 5 heteroatoms. The number of hydrogen-bond donors (Lipinski definition) is 2. The fraction of sp³-hybridized carbons (Fsp3) is 0.500. The van der Waals surface area contributed by atoms with Crippen molar-refractivity contribution >= 4 is 17.2 Å². The standard InChI is InChI=1S/C14H21N3OS/c1-18-12-6-3-2-5-11(12)13(14(15)19)17-9-4-7-16-8-10-17/h2-3,5-6,13,16H,4,7-10H2,1H3,(H2,15,19). The van der Waals surface area contributed by atoms with Crippen LogP contribution in [0.1, 0.15) is 18.0 Å². The van der Waals surface area contributed by atoms with Crippen molar-refractivity contribution < 1.29 is 4.74 Å². The first-order valence-electron chi connectivity index (χ1n) is 6.61. The van der Waals surface area contributed by atoms with E-state index in [1.54, 1.807) is 7.11 Å². The van der Waals surface area contributed by atoms with E-state index in [2.05, 4.69) is 10.2 Å². The summed E-state index contributed by atoms with van der Waals surface area (Å²) in [6.45, 7) is 3.95. The Balaban J connectivity index is 2.30. The molecule has 0 bridgehead atoms. The molecule has 1 fully saturated rings. The molecule has 0 aromatic heterocycles. The van der Waals surface area contributed by atoms with Gasteiger partial charge in [0.15, 0.2) is 0 Å². The lowest BCUT2D eigenvalue weighted by Crippen LogP contribution is -2.39. The maximum atomic E-state index is 5.99. The molecule has 1 saturated heterocycles. The lowest BCUT2D eigenvalue weighted by atomic mass is 10.0. The second-order valence-electron chi connectivity index (χ2n) is 4.69. The maximum absolute atomic E-state index is 5.99. The molecule has 1 unspecified atom stereocenters. The maximum Gasteiger partial charge on any atom is 0.124 e. The van der Waals surface area contributed by atoms with Crippen molar-refractivity contribution in [3.8, 4) is 5.75 Å². The zero-order chi connectivity index (χ0) is 13.7. The summed E-state index contributed by atoms with van der Waals surface area (Å²) in [7, 11) is 1.68. The Hall–Kier alpha value is -1.17. The van der Waals surface area contributed by atoms with Crippen LogP contribution in [-0.4, -0.2) is 43.2 Å². The van der Waals surface area contributed by atoms with Gasteiger partial charge in [-0.3, -0.25) is 4.90 Å². The second-order valence-corrected chi connectivity index (χ2v) is 5.16. The van der Waals surface area contributed by atoms with E-state index in [0.717, 1.165) is 43.9 Å². The van der Waals surface area contributed by atoms with Gasteiger partial charge in [0.25, 0.3) is 0 Å². The highest BCUT2D eigenvalue weighted by molar-refractivity contribution is 7.80. The first-order valence-corrected chi connectivity index (χ1v) is 7.02. The largest absolute Gasteiger partial charge is 0.496 e. The summed E-state index contributed by atoms with van der Waals surface area (Å²) in [6.07, 6.45) is 1.11. The van der Waals surface area contributed by atoms with Gasteiger partial charge in [-0.15, -0.1) is 0 Å². The minimum absolute atomic E-state index is 0.0500. The van der Waals surface area contributed by atoms with Gasteiger partial charge >= 0.3 is 0 Å². The second kappa shape index (κ2) is 6.84. The topological polar surface area (TPSA) is 50.5 Å². The molecule has 0 spiro atoms. The van der Waals surface area contributed by atoms with Crippen molar-refractivity contribution in [2.75, 3.05) is 33.3 Å². The summed E-state index contributed by atoms with van der Waals surface area (Å²) in [6, 6.07) is 7.91. The first kappa shape index (κ1) is 14.2. The normalized spacial score (nSPS) is 18.6. The number of para-hydroxylation sites is 1. The molecule has 1 aliphatic heterocycles. The van der Waals surface area contributed by atoms with Gasteiger partial charge in [-0.1, -0.05) is 30.4 Å². The van der Waals surface area contributed by atoms with Crippen molar-refractivity contribution in [2.24, 2.45) is 5.73 Å². The Kier molecular flexibility index (Phi) is 5.13. The predicted molar refractivity (Wildman–Crippen MR) is 81.6 cm³/mol. The van der Waals surface area contributed by atoms with E-state index in [0.29, 0.717) is 4.99 Å². The minimum atomic E-state index is -0.0500. The average molecular weight is 279 g/mol. The molecule has 1 atom stereocenters. The van der Waals surface area contributed by atoms with Crippen LogP contribution in [0, 0.1) is 0 Å². The highest BCUT2D eigenvalue weighted by Crippen LogP contribution is 2.29. The summed E-state index contributed by atoms with van der Waals surface area (Å²) in [4.78, 5) is 2.84. The fourth-order valence-electron chi connectivity index (χ4n) is 2.55. The summed E-state index contributed by atoms with van der Waals surface area (Å²) >= 11 is 5.29. The number of methoxy groups -OCH3 is 1. The smallest absolute Gasteiger partial charge is 0.124 e. The van der Waals surface area contributed by atoms with Crippen molar-refractivity contribution in [3.05, 3.63) is 29.8 Å². The van der Waals surface area contributed by atoms with Crippen LogP contribution in [0.15, 0.2) is 24.3 Å². The van der Waals surface area contributed by atoms with Crippen LogP contribution in [0.5, 0.6) is 5.75 Å². The lowest BCUT2D eigenvalue weighted by Gasteiger charge is -2.30. The van der Waals surface area contributed by atoms with Gasteiger partial charge in [0.2, 0.25) is 0 Å². The number of thiocarbonyl (C=S) groups is 1. The number of hydrogen-bond acceptors (Lipinski definition) is 4. The van der Waals surface area contributed by atoms with Crippen LogP contribution < -0.4 is 15.8 Å². The number of nitrogens with zero attached hydrogens (tertiary/aromatic N) is 1. The molecule has 1 aromatic rings. The fourth-order valence-corrected chi connectivity index (χ4v) is 2.82. The third-order valence-corrected chi connectivity index (χ3v) is 3.67. The van der Waals surface area contributed by atoms with Gasteiger partial charge in [0.05, 0.1) is 18.1 Å². The number of nitrogens with one attached hydrogen (secondary N) is 1. The molecule has 104 valence electrons. The van der Waals surface area contributed by atoms with Crippen LogP contribution in [-0.2, 0) is 0 Å². The number of ether oxygens (including phenoxy) is 1. The van der Waals surface area contributed by atoms with Gasteiger partial charge in [0.1, 0.15) is 5.75 Å². The van der Waals surface area contributed by atoms with Crippen LogP contribution in [0.25, 0.3) is 0 Å². The molecule has 0 amide bonds. The number of rotatable bonds is 4. The summed E-state index contributed by atoms with van der Waals surface area (Å²) in [5.41, 5.74) is 7.04. The molecule has 19 heavy (non-hydrogen) atoms. The molecular formula is C14H21N3OS. The molecule has 0 aliphatic carbocycles. The molecular weight excluding hydrogens is 258 g/mol. The molecule has 1 aliphatic rings. The quantitative estimate of drug-likeness (QED) is 0.814. The Morgan fingerprint density at radius 3 is 2.89 bits per heavy atom. The lowest BCUT2D eigenvalue weighted by molar-refractivity contribution is 0.256. The van der Waals surface area contributed by atoms with E-state index in [4.69, 9.17) is 22.7 Å². The molecule has 0 radical (unpaired) electrons. The summed E-state index contributed by atoms with van der Waals surface area (Å²) < 4.78 is 5.44. The Morgan fingerprint density at radius 2 is 2.16 bits per heavy atom. The van der Waals surface area contributed by atoms with E-state index >= 15 is 0 Å². The summed E-state index contributed by atoms with van der Waals surface area (Å²) in [5, 5.41) is 3.39. The first-order chi connectivity index (χ1) is 9.24. The molecule has 3 N–H and O–H groups in total. The van der Waals surface area contributed by atoms with Crippen LogP contribution in [0.4, 0.5) is 0 Å². The predicted octanol–water partition coefficient (Wildman–Crippen LogP) is 1.32. The van der Waals surface area contributed by atoms with Crippen molar-refractivity contribution in [1.29, 1.82) is 0 Å².